The monoisotopic (exact) mass is 479 g/mol. The van der Waals surface area contributed by atoms with Crippen LogP contribution in [0.1, 0.15) is 82.9 Å². The predicted molar refractivity (Wildman–Crippen MR) is 142 cm³/mol. The Balaban J connectivity index is 1.66. The Labute approximate surface area is 210 Å². The number of amides is 2. The number of ether oxygens (including phenoxy) is 2. The minimum atomic E-state index is -1.33. The fourth-order valence-corrected chi connectivity index (χ4v) is 5.10. The number of rotatable bonds is 6. The highest BCUT2D eigenvalue weighted by molar-refractivity contribution is 5.94. The van der Waals surface area contributed by atoms with Crippen LogP contribution in [0.5, 0.6) is 0 Å². The first-order valence-corrected chi connectivity index (χ1v) is 13.0. The van der Waals surface area contributed by atoms with Crippen molar-refractivity contribution in [1.82, 2.24) is 5.32 Å². The Morgan fingerprint density at radius 2 is 1.46 bits per heavy atom. The van der Waals surface area contributed by atoms with E-state index in [1.165, 1.54) is 18.5 Å². The lowest BCUT2D eigenvalue weighted by atomic mass is 9.92. The second kappa shape index (κ2) is 10.2. The third-order valence-corrected chi connectivity index (χ3v) is 7.34. The second-order valence-electron chi connectivity index (χ2n) is 10.6. The number of para-hydroxylation sites is 1. The Kier molecular flexibility index (Phi) is 7.43. The average Bonchev–Trinajstić information content (AvgIpc) is 3.47. The van der Waals surface area contributed by atoms with Crippen molar-refractivity contribution in [2.45, 2.75) is 84.3 Å². The fourth-order valence-electron chi connectivity index (χ4n) is 5.10. The minimum absolute atomic E-state index is 0.159. The average molecular weight is 480 g/mol. The summed E-state index contributed by atoms with van der Waals surface area (Å²) in [5.74, 6) is -0.770. The van der Waals surface area contributed by atoms with Crippen molar-refractivity contribution in [3.05, 3.63) is 59.2 Å². The molecule has 2 aliphatic rings. The van der Waals surface area contributed by atoms with Crippen molar-refractivity contribution in [2.75, 3.05) is 29.9 Å². The van der Waals surface area contributed by atoms with Gasteiger partial charge in [-0.15, -0.1) is 0 Å². The summed E-state index contributed by atoms with van der Waals surface area (Å²) < 4.78 is 12.7. The lowest BCUT2D eigenvalue weighted by molar-refractivity contribution is -0.196. The van der Waals surface area contributed by atoms with Gasteiger partial charge in [-0.05, 0) is 73.9 Å². The maximum absolute atomic E-state index is 13.8. The van der Waals surface area contributed by atoms with E-state index in [9.17, 15) is 4.79 Å². The molecule has 2 fully saturated rings. The lowest BCUT2D eigenvalue weighted by Gasteiger charge is -2.33. The van der Waals surface area contributed by atoms with Gasteiger partial charge in [0.25, 0.3) is 5.91 Å². The van der Waals surface area contributed by atoms with Gasteiger partial charge < -0.3 is 14.4 Å². The van der Waals surface area contributed by atoms with Crippen LogP contribution in [0.4, 0.5) is 16.2 Å². The van der Waals surface area contributed by atoms with Crippen molar-refractivity contribution in [2.24, 2.45) is 0 Å². The fraction of sp³-hybridized carbons (Fsp3) is 0.552. The normalized spacial score (nSPS) is 21.7. The van der Waals surface area contributed by atoms with Crippen molar-refractivity contribution in [3.8, 4) is 0 Å². The van der Waals surface area contributed by atoms with Crippen LogP contribution < -0.4 is 15.1 Å². The van der Waals surface area contributed by atoms with Gasteiger partial charge in [0.1, 0.15) is 0 Å². The molecule has 2 atom stereocenters. The summed E-state index contributed by atoms with van der Waals surface area (Å²) >= 11 is 0. The van der Waals surface area contributed by atoms with Crippen molar-refractivity contribution >= 4 is 17.4 Å². The van der Waals surface area contributed by atoms with Crippen LogP contribution in [0.3, 0.4) is 0 Å². The Morgan fingerprint density at radius 1 is 0.943 bits per heavy atom. The minimum Gasteiger partial charge on any atom is -0.372 e. The molecule has 0 unspecified atom stereocenters. The predicted octanol–water partition coefficient (Wildman–Crippen LogP) is 6.31. The van der Waals surface area contributed by atoms with E-state index in [-0.39, 0.29) is 30.1 Å². The number of hydrogen-bond donors (Lipinski definition) is 1. The summed E-state index contributed by atoms with van der Waals surface area (Å²) in [7, 11) is 1.83. The zero-order valence-electron chi connectivity index (χ0n) is 22.3. The van der Waals surface area contributed by atoms with E-state index in [2.05, 4.69) is 68.2 Å². The smallest absolute Gasteiger partial charge is 0.326 e. The van der Waals surface area contributed by atoms with Crippen molar-refractivity contribution in [1.29, 1.82) is 0 Å². The van der Waals surface area contributed by atoms with E-state index in [0.717, 1.165) is 35.5 Å². The van der Waals surface area contributed by atoms with Gasteiger partial charge in [0, 0.05) is 31.4 Å². The number of hydrogen-bond acceptors (Lipinski definition) is 4. The molecule has 0 radical (unpaired) electrons. The summed E-state index contributed by atoms with van der Waals surface area (Å²) in [6.07, 6.45) is 2.14. The number of carbonyl (C=O) groups is 1. The largest absolute Gasteiger partial charge is 0.372 e. The number of carbonyl (C=O) groups excluding carboxylic acids is 1. The molecule has 2 aliphatic heterocycles. The molecule has 190 valence electrons. The van der Waals surface area contributed by atoms with Crippen LogP contribution >= 0.6 is 0 Å². The van der Waals surface area contributed by atoms with Gasteiger partial charge in [-0.1, -0.05) is 45.9 Å². The number of nitrogens with one attached hydrogen (secondary N) is 1. The van der Waals surface area contributed by atoms with Crippen LogP contribution in [-0.2, 0) is 15.4 Å². The molecular weight excluding hydrogens is 438 g/mol. The molecule has 35 heavy (non-hydrogen) atoms. The van der Waals surface area contributed by atoms with Crippen LogP contribution in [-0.4, -0.2) is 38.4 Å². The van der Waals surface area contributed by atoms with Crippen LogP contribution in [0, 0.1) is 0 Å². The Bertz CT molecular complexity index is 992. The molecule has 0 aromatic heterocycles. The molecule has 2 heterocycles. The maximum Gasteiger partial charge on any atom is 0.326 e. The Morgan fingerprint density at radius 3 is 1.94 bits per heavy atom. The van der Waals surface area contributed by atoms with Crippen LogP contribution in [0.2, 0.25) is 0 Å². The molecule has 2 aromatic rings. The summed E-state index contributed by atoms with van der Waals surface area (Å²) in [6.45, 7) is 14.8. The third-order valence-electron chi connectivity index (χ3n) is 7.34. The van der Waals surface area contributed by atoms with Crippen LogP contribution in [0.15, 0.2) is 42.5 Å². The first-order chi connectivity index (χ1) is 16.6. The maximum atomic E-state index is 13.8. The topological polar surface area (TPSA) is 54.0 Å². The number of benzene rings is 2. The van der Waals surface area contributed by atoms with E-state index in [4.69, 9.17) is 9.47 Å². The highest BCUT2D eigenvalue weighted by atomic mass is 16.8. The number of urea groups is 1. The van der Waals surface area contributed by atoms with Gasteiger partial charge in [-0.25, -0.2) is 4.79 Å². The molecule has 4 rings (SSSR count). The Hall–Kier alpha value is -2.57. The van der Waals surface area contributed by atoms with Gasteiger partial charge in [0.2, 0.25) is 0 Å². The van der Waals surface area contributed by atoms with E-state index < -0.39 is 5.91 Å². The molecule has 2 aromatic carbocycles. The zero-order chi connectivity index (χ0) is 25.3. The summed E-state index contributed by atoms with van der Waals surface area (Å²) in [4.78, 5) is 17.9. The van der Waals surface area contributed by atoms with Gasteiger partial charge >= 0.3 is 6.03 Å². The molecule has 2 amide bonds. The molecule has 0 saturated carbocycles. The second-order valence-corrected chi connectivity index (χ2v) is 10.6. The highest BCUT2D eigenvalue weighted by Gasteiger charge is 2.48. The molecule has 6 heteroatoms. The third kappa shape index (κ3) is 5.05. The number of anilines is 2. The summed E-state index contributed by atoms with van der Waals surface area (Å²) in [5.41, 5.74) is 5.23. The van der Waals surface area contributed by atoms with Gasteiger partial charge in [-0.2, -0.15) is 0 Å². The molecule has 0 bridgehead atoms. The van der Waals surface area contributed by atoms with Crippen LogP contribution in [0.25, 0.3) is 0 Å². The molecule has 0 spiro atoms. The molecule has 0 aliphatic carbocycles. The standard InChI is InChI=1S/C29H41N3O3/c1-19(2)25-11-10-12-26(20(3)4)27(25)31(7)28(33)30-29(34-21(5)22(6)35-29)23-13-15-24(16-14-23)32-17-8-9-18-32/h10-16,19-22H,8-9,17-18H2,1-7H3,(H,30,33)/t21-,22-/m1/s1. The van der Waals surface area contributed by atoms with Crippen molar-refractivity contribution in [3.63, 3.8) is 0 Å². The van der Waals surface area contributed by atoms with Crippen molar-refractivity contribution < 1.29 is 14.3 Å². The van der Waals surface area contributed by atoms with E-state index >= 15 is 0 Å². The molecule has 2 saturated heterocycles. The molecular formula is C29H41N3O3. The summed E-state index contributed by atoms with van der Waals surface area (Å²) in [6, 6.07) is 14.3. The molecule has 6 nitrogen and oxygen atoms in total. The lowest BCUT2D eigenvalue weighted by Crippen LogP contribution is -2.52. The first-order valence-electron chi connectivity index (χ1n) is 13.0. The zero-order valence-corrected chi connectivity index (χ0v) is 22.3. The van der Waals surface area contributed by atoms with E-state index in [1.54, 1.807) is 4.90 Å². The van der Waals surface area contributed by atoms with Gasteiger partial charge in [0.05, 0.1) is 17.9 Å². The van der Waals surface area contributed by atoms with Gasteiger partial charge in [-0.3, -0.25) is 10.2 Å². The number of nitrogens with zero attached hydrogens (tertiary/aromatic N) is 2. The SMILES string of the molecule is CC(C)c1cccc(C(C)C)c1N(C)C(=O)NC1(c2ccc(N3CCCC3)cc2)O[C@H](C)[C@@H](C)O1. The van der Waals surface area contributed by atoms with Gasteiger partial charge in [0.15, 0.2) is 0 Å². The quantitative estimate of drug-likeness (QED) is 0.527. The summed E-state index contributed by atoms with van der Waals surface area (Å²) in [5, 5.41) is 3.12. The highest BCUT2D eigenvalue weighted by Crippen LogP contribution is 2.38. The van der Waals surface area contributed by atoms with E-state index in [1.807, 2.05) is 33.0 Å². The molecule has 1 N–H and O–H groups in total. The first kappa shape index (κ1) is 25.5. The van der Waals surface area contributed by atoms with E-state index in [0.29, 0.717) is 0 Å².